The van der Waals surface area contributed by atoms with Gasteiger partial charge in [-0.15, -0.1) is 0 Å². The molecule has 1 aliphatic heterocycles. The molecule has 1 heterocycles. The zero-order valence-corrected chi connectivity index (χ0v) is 9.99. The number of benzene rings is 1. The first-order chi connectivity index (χ1) is 6.63. The lowest BCUT2D eigenvalue weighted by Crippen LogP contribution is -2.24. The van der Waals surface area contributed by atoms with Crippen molar-refractivity contribution in [1.82, 2.24) is 4.67 Å². The molecule has 0 radical (unpaired) electrons. The molecule has 76 valence electrons. The van der Waals surface area contributed by atoms with Crippen molar-refractivity contribution in [1.29, 1.82) is 0 Å². The molecule has 0 bridgehead atoms. The summed E-state index contributed by atoms with van der Waals surface area (Å²) in [5.41, 5.74) is 2.66. The Hall–Kier alpha value is -0.790. The minimum atomic E-state index is -0.353. The van der Waals surface area contributed by atoms with E-state index in [1.54, 1.807) is 0 Å². The summed E-state index contributed by atoms with van der Waals surface area (Å²) < 4.78 is 6.98. The Bertz CT molecular complexity index is 311. The second kappa shape index (κ2) is 3.41. The average Bonchev–Trinajstić information content (AvgIpc) is 2.41. The Balaban J connectivity index is 2.43. The summed E-state index contributed by atoms with van der Waals surface area (Å²) in [6.45, 7) is 0. The quantitative estimate of drug-likeness (QED) is 0.657. The lowest BCUT2D eigenvalue weighted by molar-refractivity contribution is 0.672. The van der Waals surface area contributed by atoms with Crippen LogP contribution in [0.25, 0.3) is 0 Å². The maximum absolute atomic E-state index is 2.35. The number of rotatable bonds is 1. The van der Waals surface area contributed by atoms with E-state index in [4.69, 9.17) is 0 Å². The standard InChI is InChI=1S/C10H16N3P/c1-11(2)14-12(3)9-7-5-6-8-10(9)13(14)4/h5-8H,1-4H3. The van der Waals surface area contributed by atoms with Gasteiger partial charge < -0.3 is 9.34 Å². The first kappa shape index (κ1) is 9.75. The van der Waals surface area contributed by atoms with Gasteiger partial charge in [-0.2, -0.15) is 0 Å². The Morgan fingerprint density at radius 2 is 1.43 bits per heavy atom. The number of nitrogens with zero attached hydrogens (tertiary/aromatic N) is 3. The second-order valence-electron chi connectivity index (χ2n) is 3.65. The van der Waals surface area contributed by atoms with E-state index in [0.29, 0.717) is 0 Å². The number of para-hydroxylation sites is 2. The first-order valence-corrected chi connectivity index (χ1v) is 5.86. The van der Waals surface area contributed by atoms with Gasteiger partial charge in [0.2, 0.25) is 0 Å². The van der Waals surface area contributed by atoms with Crippen molar-refractivity contribution in [2.45, 2.75) is 0 Å². The highest BCUT2D eigenvalue weighted by molar-refractivity contribution is 7.59. The molecule has 0 fully saturated rings. The molecule has 0 saturated heterocycles. The molecule has 2 rings (SSSR count). The molecule has 14 heavy (non-hydrogen) atoms. The summed E-state index contributed by atoms with van der Waals surface area (Å²) in [4.78, 5) is 0. The van der Waals surface area contributed by atoms with Crippen LogP contribution in [-0.4, -0.2) is 32.9 Å². The maximum atomic E-state index is 2.35. The Morgan fingerprint density at radius 3 is 1.79 bits per heavy atom. The van der Waals surface area contributed by atoms with Crippen molar-refractivity contribution in [2.24, 2.45) is 0 Å². The van der Waals surface area contributed by atoms with E-state index in [0.717, 1.165) is 0 Å². The molecule has 3 nitrogen and oxygen atoms in total. The summed E-state index contributed by atoms with van der Waals surface area (Å²) in [5, 5.41) is 0. The van der Waals surface area contributed by atoms with Gasteiger partial charge in [0.15, 0.2) is 8.37 Å². The van der Waals surface area contributed by atoms with Gasteiger partial charge in [-0.25, -0.2) is 0 Å². The van der Waals surface area contributed by atoms with Crippen LogP contribution in [0.3, 0.4) is 0 Å². The molecular formula is C10H16N3P. The van der Waals surface area contributed by atoms with E-state index in [1.807, 2.05) is 0 Å². The highest BCUT2D eigenvalue weighted by Crippen LogP contribution is 2.57. The van der Waals surface area contributed by atoms with Crippen LogP contribution in [0.15, 0.2) is 24.3 Å². The molecule has 1 aromatic rings. The van der Waals surface area contributed by atoms with Crippen LogP contribution < -0.4 is 9.34 Å². The predicted octanol–water partition coefficient (Wildman–Crippen LogP) is 2.36. The van der Waals surface area contributed by atoms with Crippen LogP contribution in [0.1, 0.15) is 0 Å². The minimum absolute atomic E-state index is 0.353. The fraction of sp³-hybridized carbons (Fsp3) is 0.400. The second-order valence-corrected chi connectivity index (χ2v) is 6.19. The van der Waals surface area contributed by atoms with E-state index in [1.165, 1.54) is 11.4 Å². The van der Waals surface area contributed by atoms with Gasteiger partial charge in [-0.05, 0) is 26.2 Å². The SMILES string of the molecule is CN(C)P1N(C)c2ccccc2N1C. The summed E-state index contributed by atoms with van der Waals surface area (Å²) in [6, 6.07) is 8.55. The third-order valence-electron chi connectivity index (χ3n) is 2.47. The smallest absolute Gasteiger partial charge is 0.177 e. The van der Waals surface area contributed by atoms with E-state index in [-0.39, 0.29) is 8.37 Å². The first-order valence-electron chi connectivity index (χ1n) is 4.66. The molecular weight excluding hydrogens is 193 g/mol. The highest BCUT2D eigenvalue weighted by atomic mass is 31.2. The number of fused-ring (bicyclic) bond motifs is 1. The number of anilines is 2. The fourth-order valence-electron chi connectivity index (χ4n) is 1.94. The van der Waals surface area contributed by atoms with Crippen molar-refractivity contribution in [2.75, 3.05) is 37.5 Å². The van der Waals surface area contributed by atoms with Crippen LogP contribution in [0.4, 0.5) is 11.4 Å². The van der Waals surface area contributed by atoms with Crippen LogP contribution in [0.2, 0.25) is 0 Å². The molecule has 1 aliphatic rings. The maximum Gasteiger partial charge on any atom is 0.177 e. The molecule has 0 saturated carbocycles. The molecule has 0 N–H and O–H groups in total. The van der Waals surface area contributed by atoms with Gasteiger partial charge in [0.05, 0.1) is 11.4 Å². The van der Waals surface area contributed by atoms with E-state index in [9.17, 15) is 0 Å². The van der Waals surface area contributed by atoms with Gasteiger partial charge in [0, 0.05) is 14.1 Å². The van der Waals surface area contributed by atoms with Crippen LogP contribution in [0.5, 0.6) is 0 Å². The summed E-state index contributed by atoms with van der Waals surface area (Å²) in [7, 11) is 8.23. The van der Waals surface area contributed by atoms with Gasteiger partial charge in [0.1, 0.15) is 0 Å². The highest BCUT2D eigenvalue weighted by Gasteiger charge is 2.32. The zero-order valence-electron chi connectivity index (χ0n) is 9.10. The summed E-state index contributed by atoms with van der Waals surface area (Å²) in [5.74, 6) is 0. The number of hydrogen-bond donors (Lipinski definition) is 0. The average molecular weight is 209 g/mol. The van der Waals surface area contributed by atoms with Crippen LogP contribution in [-0.2, 0) is 0 Å². The lowest BCUT2D eigenvalue weighted by atomic mass is 10.3. The number of hydrogen-bond acceptors (Lipinski definition) is 3. The monoisotopic (exact) mass is 209 g/mol. The predicted molar refractivity (Wildman–Crippen MR) is 63.9 cm³/mol. The van der Waals surface area contributed by atoms with Gasteiger partial charge >= 0.3 is 0 Å². The van der Waals surface area contributed by atoms with E-state index >= 15 is 0 Å². The van der Waals surface area contributed by atoms with Crippen molar-refractivity contribution < 1.29 is 0 Å². The Morgan fingerprint density at radius 1 is 1.00 bits per heavy atom. The third kappa shape index (κ3) is 1.28. The van der Waals surface area contributed by atoms with Gasteiger partial charge in [-0.3, -0.25) is 4.67 Å². The van der Waals surface area contributed by atoms with E-state index < -0.39 is 0 Å². The van der Waals surface area contributed by atoms with Crippen molar-refractivity contribution in [3.05, 3.63) is 24.3 Å². The summed E-state index contributed by atoms with van der Waals surface area (Å²) >= 11 is 0. The van der Waals surface area contributed by atoms with Crippen LogP contribution >= 0.6 is 8.37 Å². The van der Waals surface area contributed by atoms with Gasteiger partial charge in [-0.1, -0.05) is 12.1 Å². The Kier molecular flexibility index (Phi) is 2.38. The van der Waals surface area contributed by atoms with Crippen molar-refractivity contribution >= 4 is 19.7 Å². The van der Waals surface area contributed by atoms with Crippen molar-refractivity contribution in [3.63, 3.8) is 0 Å². The van der Waals surface area contributed by atoms with Crippen LogP contribution in [0, 0.1) is 0 Å². The normalized spacial score (nSPS) is 16.6. The molecule has 4 heteroatoms. The zero-order chi connectivity index (χ0) is 10.3. The third-order valence-corrected chi connectivity index (χ3v) is 4.69. The minimum Gasteiger partial charge on any atom is -0.323 e. The lowest BCUT2D eigenvalue weighted by Gasteiger charge is -2.31. The van der Waals surface area contributed by atoms with Crippen molar-refractivity contribution in [3.8, 4) is 0 Å². The van der Waals surface area contributed by atoms with Gasteiger partial charge in [0.25, 0.3) is 0 Å². The largest absolute Gasteiger partial charge is 0.323 e. The van der Waals surface area contributed by atoms with E-state index in [2.05, 4.69) is 66.5 Å². The fourth-order valence-corrected chi connectivity index (χ4v) is 4.14. The molecule has 1 aromatic carbocycles. The summed E-state index contributed by atoms with van der Waals surface area (Å²) in [6.07, 6.45) is 0. The molecule has 0 aromatic heterocycles. The molecule has 0 unspecified atom stereocenters. The molecule has 0 aliphatic carbocycles. The molecule has 0 amide bonds. The molecule has 0 atom stereocenters. The molecule has 0 spiro atoms. The topological polar surface area (TPSA) is 9.72 Å². The Labute approximate surface area is 86.8 Å².